The first-order chi connectivity index (χ1) is 7.12. The third-order valence-corrected chi connectivity index (χ3v) is 1.64. The van der Waals surface area contributed by atoms with E-state index in [-0.39, 0.29) is 12.6 Å². The molecule has 0 atom stereocenters. The maximum atomic E-state index is 10.5. The van der Waals surface area contributed by atoms with Crippen LogP contribution in [0.3, 0.4) is 0 Å². The van der Waals surface area contributed by atoms with Crippen molar-refractivity contribution in [2.24, 2.45) is 0 Å². The molecule has 3 nitrogen and oxygen atoms in total. The van der Waals surface area contributed by atoms with Crippen LogP contribution in [0.25, 0.3) is 0 Å². The van der Waals surface area contributed by atoms with E-state index in [0.29, 0.717) is 6.61 Å². The molecule has 0 unspecified atom stereocenters. The van der Waals surface area contributed by atoms with E-state index < -0.39 is 0 Å². The van der Waals surface area contributed by atoms with Crippen molar-refractivity contribution in [3.63, 3.8) is 0 Å². The molecular formula is C12H24O3. The van der Waals surface area contributed by atoms with Gasteiger partial charge in [0, 0.05) is 13.5 Å². The van der Waals surface area contributed by atoms with E-state index in [4.69, 9.17) is 9.84 Å². The lowest BCUT2D eigenvalue weighted by Crippen LogP contribution is -2.02. The van der Waals surface area contributed by atoms with Gasteiger partial charge < -0.3 is 9.84 Å². The molecule has 0 bridgehead atoms. The maximum Gasteiger partial charge on any atom is 0.302 e. The Hall–Kier alpha value is -0.830. The zero-order chi connectivity index (χ0) is 12.1. The molecule has 0 saturated heterocycles. The average molecular weight is 216 g/mol. The van der Waals surface area contributed by atoms with E-state index in [1.807, 2.05) is 0 Å². The summed E-state index contributed by atoms with van der Waals surface area (Å²) in [7, 11) is 0. The second kappa shape index (κ2) is 13.2. The molecule has 0 rings (SSSR count). The molecule has 15 heavy (non-hydrogen) atoms. The molecule has 0 amide bonds. The van der Waals surface area contributed by atoms with E-state index >= 15 is 0 Å². The van der Waals surface area contributed by atoms with Crippen LogP contribution in [0.4, 0.5) is 0 Å². The van der Waals surface area contributed by atoms with Crippen LogP contribution in [0.1, 0.15) is 47.0 Å². The Balaban J connectivity index is 0. The van der Waals surface area contributed by atoms with Crippen molar-refractivity contribution < 1.29 is 14.6 Å². The fraction of sp³-hybridized carbons (Fsp3) is 0.750. The third-order valence-electron chi connectivity index (χ3n) is 1.64. The van der Waals surface area contributed by atoms with Gasteiger partial charge in [0.05, 0.1) is 0 Å². The van der Waals surface area contributed by atoms with Gasteiger partial charge >= 0.3 is 5.97 Å². The van der Waals surface area contributed by atoms with Crippen molar-refractivity contribution in [2.45, 2.75) is 47.0 Å². The number of hydrogen-bond acceptors (Lipinski definition) is 3. The monoisotopic (exact) mass is 216 g/mol. The molecule has 0 aliphatic carbocycles. The van der Waals surface area contributed by atoms with E-state index in [1.54, 1.807) is 6.92 Å². The summed E-state index contributed by atoms with van der Waals surface area (Å²) in [6, 6.07) is 0. The first kappa shape index (κ1) is 16.6. The summed E-state index contributed by atoms with van der Waals surface area (Å²) in [5.74, 6) is -0.203. The van der Waals surface area contributed by atoms with Crippen LogP contribution in [0.5, 0.6) is 0 Å². The van der Waals surface area contributed by atoms with Gasteiger partial charge in [-0.05, 0) is 25.3 Å². The zero-order valence-electron chi connectivity index (χ0n) is 10.4. The zero-order valence-corrected chi connectivity index (χ0v) is 10.4. The normalized spacial score (nSPS) is 10.3. The number of aliphatic hydroxyl groups excluding tert-OH is 1. The van der Waals surface area contributed by atoms with Gasteiger partial charge in [-0.2, -0.15) is 0 Å². The van der Waals surface area contributed by atoms with Crippen molar-refractivity contribution in [3.8, 4) is 0 Å². The highest BCUT2D eigenvalue weighted by Gasteiger charge is 1.96. The topological polar surface area (TPSA) is 46.5 Å². The van der Waals surface area contributed by atoms with Gasteiger partial charge in [-0.25, -0.2) is 0 Å². The highest BCUT2D eigenvalue weighted by Crippen LogP contribution is 2.04. The van der Waals surface area contributed by atoms with Crippen LogP contribution in [0, 0.1) is 0 Å². The Morgan fingerprint density at radius 2 is 1.87 bits per heavy atom. The first-order valence-electron chi connectivity index (χ1n) is 5.54. The Morgan fingerprint density at radius 1 is 1.33 bits per heavy atom. The second-order valence-corrected chi connectivity index (χ2v) is 3.10. The quantitative estimate of drug-likeness (QED) is 0.567. The predicted molar refractivity (Wildman–Crippen MR) is 62.7 cm³/mol. The Kier molecular flexibility index (Phi) is 14.6. The number of ether oxygens (including phenoxy) is 1. The molecule has 0 aliphatic heterocycles. The molecule has 0 fully saturated rings. The van der Waals surface area contributed by atoms with Crippen LogP contribution >= 0.6 is 0 Å². The number of carbonyl (C=O) groups excluding carboxylic acids is 1. The van der Waals surface area contributed by atoms with E-state index in [0.717, 1.165) is 19.3 Å². The van der Waals surface area contributed by atoms with Crippen LogP contribution in [0.2, 0.25) is 0 Å². The smallest absolute Gasteiger partial charge is 0.302 e. The number of rotatable bonds is 5. The van der Waals surface area contributed by atoms with Crippen molar-refractivity contribution in [3.05, 3.63) is 11.6 Å². The van der Waals surface area contributed by atoms with Crippen LogP contribution in [-0.2, 0) is 9.53 Å². The molecule has 3 heteroatoms. The van der Waals surface area contributed by atoms with E-state index in [9.17, 15) is 4.79 Å². The molecule has 0 aromatic rings. The van der Waals surface area contributed by atoms with Gasteiger partial charge in [-0.3, -0.25) is 4.79 Å². The molecule has 0 aromatic carbocycles. The lowest BCUT2D eigenvalue weighted by Gasteiger charge is -2.04. The highest BCUT2D eigenvalue weighted by atomic mass is 16.5. The SMILES string of the molecule is CCC/C=C(\CC)COC(C)=O.CCO. The molecule has 0 heterocycles. The lowest BCUT2D eigenvalue weighted by molar-refractivity contribution is -0.140. The standard InChI is InChI=1S/C10H18O2.C2H6O/c1-4-6-7-10(5-2)8-12-9(3)11;1-2-3/h7H,4-6,8H2,1-3H3;3H,2H2,1H3/b10-7+;. The van der Waals surface area contributed by atoms with Crippen molar-refractivity contribution in [1.29, 1.82) is 0 Å². The lowest BCUT2D eigenvalue weighted by atomic mass is 10.1. The largest absolute Gasteiger partial charge is 0.461 e. The molecule has 1 N–H and O–H groups in total. The number of hydrogen-bond donors (Lipinski definition) is 1. The fourth-order valence-corrected chi connectivity index (χ4v) is 0.848. The molecular weight excluding hydrogens is 192 g/mol. The summed E-state index contributed by atoms with van der Waals surface area (Å²) in [5, 5.41) is 7.57. The van der Waals surface area contributed by atoms with Crippen molar-refractivity contribution in [2.75, 3.05) is 13.2 Å². The average Bonchev–Trinajstić information content (AvgIpc) is 2.19. The predicted octanol–water partition coefficient (Wildman–Crippen LogP) is 2.68. The highest BCUT2D eigenvalue weighted by molar-refractivity contribution is 5.66. The summed E-state index contributed by atoms with van der Waals surface area (Å²) in [6.07, 6.45) is 5.34. The Bertz CT molecular complexity index is 174. The number of esters is 1. The molecule has 0 aliphatic rings. The van der Waals surface area contributed by atoms with Crippen LogP contribution < -0.4 is 0 Å². The summed E-state index contributed by atoms with van der Waals surface area (Å²) in [5.41, 5.74) is 1.21. The maximum absolute atomic E-state index is 10.5. The minimum Gasteiger partial charge on any atom is -0.461 e. The minimum absolute atomic E-state index is 0.203. The summed E-state index contributed by atoms with van der Waals surface area (Å²) >= 11 is 0. The van der Waals surface area contributed by atoms with Gasteiger partial charge in [0.2, 0.25) is 0 Å². The number of carbonyl (C=O) groups is 1. The van der Waals surface area contributed by atoms with E-state index in [1.165, 1.54) is 12.5 Å². The third kappa shape index (κ3) is 15.9. The summed E-state index contributed by atoms with van der Waals surface area (Å²) < 4.78 is 4.88. The fourth-order valence-electron chi connectivity index (χ4n) is 0.848. The number of aliphatic hydroxyl groups is 1. The first-order valence-corrected chi connectivity index (χ1v) is 5.54. The minimum atomic E-state index is -0.203. The molecule has 0 saturated carbocycles. The number of allylic oxidation sites excluding steroid dienone is 1. The Labute approximate surface area is 93.1 Å². The Morgan fingerprint density at radius 3 is 2.20 bits per heavy atom. The van der Waals surface area contributed by atoms with E-state index in [2.05, 4.69) is 19.9 Å². The number of unbranched alkanes of at least 4 members (excludes halogenated alkanes) is 1. The van der Waals surface area contributed by atoms with Crippen molar-refractivity contribution in [1.82, 2.24) is 0 Å². The summed E-state index contributed by atoms with van der Waals surface area (Å²) in [4.78, 5) is 10.5. The molecule has 0 spiro atoms. The van der Waals surface area contributed by atoms with Crippen molar-refractivity contribution >= 4 is 5.97 Å². The molecule has 0 radical (unpaired) electrons. The van der Waals surface area contributed by atoms with Gasteiger partial charge in [0.1, 0.15) is 6.61 Å². The van der Waals surface area contributed by atoms with Gasteiger partial charge in [-0.15, -0.1) is 0 Å². The van der Waals surface area contributed by atoms with Crippen LogP contribution in [-0.4, -0.2) is 24.3 Å². The van der Waals surface area contributed by atoms with Gasteiger partial charge in [0.25, 0.3) is 0 Å². The van der Waals surface area contributed by atoms with Crippen LogP contribution in [0.15, 0.2) is 11.6 Å². The van der Waals surface area contributed by atoms with Gasteiger partial charge in [-0.1, -0.05) is 26.3 Å². The molecule has 90 valence electrons. The van der Waals surface area contributed by atoms with Gasteiger partial charge in [0.15, 0.2) is 0 Å². The molecule has 0 aromatic heterocycles. The summed E-state index contributed by atoms with van der Waals surface area (Å²) in [6.45, 7) is 8.04. The second-order valence-electron chi connectivity index (χ2n) is 3.10.